The molecule has 0 fully saturated rings. The summed E-state index contributed by atoms with van der Waals surface area (Å²) in [5, 5.41) is 5.83. The Morgan fingerprint density at radius 3 is 2.11 bits per heavy atom. The van der Waals surface area contributed by atoms with Crippen LogP contribution < -0.4 is 10.6 Å². The van der Waals surface area contributed by atoms with Crippen molar-refractivity contribution in [2.24, 2.45) is 0 Å². The van der Waals surface area contributed by atoms with E-state index in [-0.39, 0.29) is 11.8 Å². The SMILES string of the molecule is CCC(=O)NC(C(=O)NCc1ccccc1CN(CC)CC)c1ccccc1. The summed E-state index contributed by atoms with van der Waals surface area (Å²) >= 11 is 0. The monoisotopic (exact) mass is 381 g/mol. The van der Waals surface area contributed by atoms with Crippen molar-refractivity contribution in [3.8, 4) is 0 Å². The van der Waals surface area contributed by atoms with Gasteiger partial charge in [0.1, 0.15) is 6.04 Å². The summed E-state index contributed by atoms with van der Waals surface area (Å²) in [6, 6.07) is 16.8. The maximum absolute atomic E-state index is 12.9. The average Bonchev–Trinajstić information content (AvgIpc) is 2.75. The number of hydrogen-bond acceptors (Lipinski definition) is 3. The molecule has 2 rings (SSSR count). The molecule has 2 aromatic carbocycles. The van der Waals surface area contributed by atoms with Crippen LogP contribution in [-0.4, -0.2) is 29.8 Å². The second-order valence-electron chi connectivity index (χ2n) is 6.71. The molecule has 0 heterocycles. The van der Waals surface area contributed by atoms with Crippen molar-refractivity contribution < 1.29 is 9.59 Å². The fourth-order valence-corrected chi connectivity index (χ4v) is 3.07. The number of carbonyl (C=O) groups excluding carboxylic acids is 2. The topological polar surface area (TPSA) is 61.4 Å². The molecule has 5 heteroatoms. The number of rotatable bonds is 10. The summed E-state index contributed by atoms with van der Waals surface area (Å²) in [6.45, 7) is 9.32. The largest absolute Gasteiger partial charge is 0.350 e. The lowest BCUT2D eigenvalue weighted by atomic mass is 10.0. The molecular formula is C23H31N3O2. The Morgan fingerprint density at radius 2 is 1.50 bits per heavy atom. The van der Waals surface area contributed by atoms with Crippen LogP contribution in [0.5, 0.6) is 0 Å². The normalized spacial score (nSPS) is 11.9. The van der Waals surface area contributed by atoms with E-state index in [2.05, 4.69) is 35.4 Å². The lowest BCUT2D eigenvalue weighted by molar-refractivity contribution is -0.129. The molecule has 0 saturated carbocycles. The van der Waals surface area contributed by atoms with Gasteiger partial charge in [-0.15, -0.1) is 0 Å². The molecule has 1 atom stereocenters. The fraction of sp³-hybridized carbons (Fsp3) is 0.391. The average molecular weight is 382 g/mol. The van der Waals surface area contributed by atoms with Crippen LogP contribution in [0.4, 0.5) is 0 Å². The van der Waals surface area contributed by atoms with Crippen LogP contribution in [0.1, 0.15) is 49.9 Å². The first-order valence-electron chi connectivity index (χ1n) is 10.00. The highest BCUT2D eigenvalue weighted by molar-refractivity contribution is 5.88. The van der Waals surface area contributed by atoms with Crippen LogP contribution in [0.15, 0.2) is 54.6 Å². The van der Waals surface area contributed by atoms with Crippen molar-refractivity contribution in [2.75, 3.05) is 13.1 Å². The highest BCUT2D eigenvalue weighted by Crippen LogP contribution is 2.15. The molecule has 2 N–H and O–H groups in total. The van der Waals surface area contributed by atoms with Gasteiger partial charge in [-0.2, -0.15) is 0 Å². The van der Waals surface area contributed by atoms with Gasteiger partial charge in [0.25, 0.3) is 0 Å². The van der Waals surface area contributed by atoms with E-state index < -0.39 is 6.04 Å². The molecule has 150 valence electrons. The third-order valence-corrected chi connectivity index (χ3v) is 4.88. The molecule has 1 unspecified atom stereocenters. The van der Waals surface area contributed by atoms with Gasteiger partial charge in [-0.05, 0) is 29.8 Å². The van der Waals surface area contributed by atoms with E-state index in [1.807, 2.05) is 48.5 Å². The van der Waals surface area contributed by atoms with E-state index in [0.717, 1.165) is 30.8 Å². The molecule has 0 aliphatic carbocycles. The van der Waals surface area contributed by atoms with E-state index in [1.54, 1.807) is 6.92 Å². The Hall–Kier alpha value is -2.66. The van der Waals surface area contributed by atoms with Crippen LogP contribution in [0.3, 0.4) is 0 Å². The van der Waals surface area contributed by atoms with Crippen molar-refractivity contribution >= 4 is 11.8 Å². The van der Waals surface area contributed by atoms with Crippen molar-refractivity contribution in [3.05, 3.63) is 71.3 Å². The quantitative estimate of drug-likeness (QED) is 0.663. The first kappa shape index (κ1) is 21.6. The van der Waals surface area contributed by atoms with Crippen LogP contribution in [0.2, 0.25) is 0 Å². The smallest absolute Gasteiger partial charge is 0.247 e. The number of nitrogens with one attached hydrogen (secondary N) is 2. The minimum Gasteiger partial charge on any atom is -0.350 e. The summed E-state index contributed by atoms with van der Waals surface area (Å²) in [7, 11) is 0. The molecule has 0 bridgehead atoms. The lowest BCUT2D eigenvalue weighted by Gasteiger charge is -2.21. The predicted octanol–water partition coefficient (Wildman–Crippen LogP) is 3.41. The number of hydrogen-bond donors (Lipinski definition) is 2. The molecule has 28 heavy (non-hydrogen) atoms. The first-order chi connectivity index (χ1) is 13.6. The number of nitrogens with zero attached hydrogens (tertiary/aromatic N) is 1. The Morgan fingerprint density at radius 1 is 0.893 bits per heavy atom. The molecule has 0 spiro atoms. The summed E-state index contributed by atoms with van der Waals surface area (Å²) in [4.78, 5) is 27.1. The van der Waals surface area contributed by atoms with Crippen molar-refractivity contribution in [3.63, 3.8) is 0 Å². The number of benzene rings is 2. The van der Waals surface area contributed by atoms with E-state index in [0.29, 0.717) is 13.0 Å². The van der Waals surface area contributed by atoms with Gasteiger partial charge in [0.2, 0.25) is 11.8 Å². The van der Waals surface area contributed by atoms with Gasteiger partial charge in [-0.3, -0.25) is 14.5 Å². The van der Waals surface area contributed by atoms with Gasteiger partial charge in [-0.1, -0.05) is 75.4 Å². The zero-order valence-electron chi connectivity index (χ0n) is 17.1. The molecule has 0 radical (unpaired) electrons. The van der Waals surface area contributed by atoms with E-state index in [4.69, 9.17) is 0 Å². The van der Waals surface area contributed by atoms with Gasteiger partial charge >= 0.3 is 0 Å². The molecule has 2 amide bonds. The van der Waals surface area contributed by atoms with Gasteiger partial charge in [0.15, 0.2) is 0 Å². The minimum absolute atomic E-state index is 0.147. The van der Waals surface area contributed by atoms with E-state index in [9.17, 15) is 9.59 Å². The third-order valence-electron chi connectivity index (χ3n) is 4.88. The standard InChI is InChI=1S/C23H31N3O2/c1-4-21(27)25-22(18-12-8-7-9-13-18)23(28)24-16-19-14-10-11-15-20(19)17-26(5-2)6-3/h7-15,22H,4-6,16-17H2,1-3H3,(H,24,28)(H,25,27). The Labute approximate surface area is 168 Å². The highest BCUT2D eigenvalue weighted by Gasteiger charge is 2.22. The van der Waals surface area contributed by atoms with Crippen molar-refractivity contribution in [1.29, 1.82) is 0 Å². The van der Waals surface area contributed by atoms with E-state index >= 15 is 0 Å². The van der Waals surface area contributed by atoms with Crippen LogP contribution in [-0.2, 0) is 22.7 Å². The van der Waals surface area contributed by atoms with Gasteiger partial charge in [0, 0.05) is 19.5 Å². The maximum Gasteiger partial charge on any atom is 0.247 e. The maximum atomic E-state index is 12.9. The zero-order valence-corrected chi connectivity index (χ0v) is 17.1. The summed E-state index contributed by atoms with van der Waals surface area (Å²) in [5.74, 6) is -0.350. The zero-order chi connectivity index (χ0) is 20.4. The van der Waals surface area contributed by atoms with E-state index in [1.165, 1.54) is 5.56 Å². The van der Waals surface area contributed by atoms with Crippen LogP contribution >= 0.6 is 0 Å². The fourth-order valence-electron chi connectivity index (χ4n) is 3.07. The highest BCUT2D eigenvalue weighted by atomic mass is 16.2. The molecule has 0 aliphatic rings. The third kappa shape index (κ3) is 6.20. The second kappa shape index (κ2) is 11.2. The Kier molecular flexibility index (Phi) is 8.69. The second-order valence-corrected chi connectivity index (χ2v) is 6.71. The van der Waals surface area contributed by atoms with Crippen molar-refractivity contribution in [1.82, 2.24) is 15.5 Å². The van der Waals surface area contributed by atoms with Gasteiger partial charge in [0.05, 0.1) is 0 Å². The summed E-state index contributed by atoms with van der Waals surface area (Å²) < 4.78 is 0. The minimum atomic E-state index is -0.691. The molecule has 0 aliphatic heterocycles. The Bertz CT molecular complexity index is 757. The van der Waals surface area contributed by atoms with Crippen molar-refractivity contribution in [2.45, 2.75) is 46.3 Å². The number of amides is 2. The Balaban J connectivity index is 2.11. The molecule has 0 saturated heterocycles. The molecular weight excluding hydrogens is 350 g/mol. The molecule has 5 nitrogen and oxygen atoms in total. The van der Waals surface area contributed by atoms with Gasteiger partial charge < -0.3 is 10.6 Å². The molecule has 0 aromatic heterocycles. The lowest BCUT2D eigenvalue weighted by Crippen LogP contribution is -2.40. The van der Waals surface area contributed by atoms with Crippen LogP contribution in [0, 0.1) is 0 Å². The summed E-state index contributed by atoms with van der Waals surface area (Å²) in [5.41, 5.74) is 3.08. The van der Waals surface area contributed by atoms with Crippen LogP contribution in [0.25, 0.3) is 0 Å². The number of carbonyl (C=O) groups is 2. The summed E-state index contributed by atoms with van der Waals surface area (Å²) in [6.07, 6.45) is 0.337. The molecule has 2 aromatic rings. The van der Waals surface area contributed by atoms with Gasteiger partial charge in [-0.25, -0.2) is 0 Å². The first-order valence-corrected chi connectivity index (χ1v) is 10.00. The predicted molar refractivity (Wildman–Crippen MR) is 113 cm³/mol.